The van der Waals surface area contributed by atoms with Gasteiger partial charge in [0.2, 0.25) is 5.91 Å². The highest BCUT2D eigenvalue weighted by Crippen LogP contribution is 2.20. The van der Waals surface area contributed by atoms with Crippen molar-refractivity contribution >= 4 is 11.7 Å². The molecule has 5 nitrogen and oxygen atoms in total. The lowest BCUT2D eigenvalue weighted by molar-refractivity contribution is -0.115. The second-order valence-corrected chi connectivity index (χ2v) is 5.54. The predicted molar refractivity (Wildman–Crippen MR) is 82.1 cm³/mol. The monoisotopic (exact) mass is 284 g/mol. The molecular formula is C16H20N4O. The Bertz CT molecular complexity index is 675. The molecule has 2 heterocycles. The Balaban J connectivity index is 1.75. The van der Waals surface area contributed by atoms with E-state index >= 15 is 0 Å². The topological polar surface area (TPSA) is 59.0 Å². The third-order valence-corrected chi connectivity index (χ3v) is 3.86. The van der Waals surface area contributed by atoms with E-state index in [2.05, 4.69) is 27.9 Å². The SMILES string of the molecule is Cc1cn(C)nc1NC(=O)Cc1cccc2c1CCNC2. The fourth-order valence-electron chi connectivity index (χ4n) is 2.86. The van der Waals surface area contributed by atoms with E-state index in [4.69, 9.17) is 0 Å². The number of nitrogens with zero attached hydrogens (tertiary/aromatic N) is 2. The molecule has 0 atom stereocenters. The Morgan fingerprint density at radius 2 is 2.33 bits per heavy atom. The van der Waals surface area contributed by atoms with Crippen LogP contribution in [0.15, 0.2) is 24.4 Å². The summed E-state index contributed by atoms with van der Waals surface area (Å²) in [6.45, 7) is 3.81. The molecule has 2 N–H and O–H groups in total. The predicted octanol–water partition coefficient (Wildman–Crippen LogP) is 1.56. The third-order valence-electron chi connectivity index (χ3n) is 3.86. The molecule has 0 fully saturated rings. The maximum absolute atomic E-state index is 12.3. The summed E-state index contributed by atoms with van der Waals surface area (Å²) in [5.74, 6) is 0.637. The first kappa shape index (κ1) is 13.8. The zero-order chi connectivity index (χ0) is 14.8. The van der Waals surface area contributed by atoms with Crippen LogP contribution in [0, 0.1) is 6.92 Å². The Morgan fingerprint density at radius 1 is 1.48 bits per heavy atom. The van der Waals surface area contributed by atoms with Gasteiger partial charge in [0.1, 0.15) is 0 Å². The van der Waals surface area contributed by atoms with Crippen LogP contribution in [-0.2, 0) is 31.2 Å². The van der Waals surface area contributed by atoms with Gasteiger partial charge >= 0.3 is 0 Å². The number of anilines is 1. The van der Waals surface area contributed by atoms with Crippen molar-refractivity contribution in [2.45, 2.75) is 26.3 Å². The van der Waals surface area contributed by atoms with Gasteiger partial charge in [-0.05, 0) is 36.6 Å². The molecule has 2 aromatic rings. The van der Waals surface area contributed by atoms with Crippen LogP contribution in [0.1, 0.15) is 22.3 Å². The fraction of sp³-hybridized carbons (Fsp3) is 0.375. The van der Waals surface area contributed by atoms with Crippen molar-refractivity contribution in [3.8, 4) is 0 Å². The number of aromatic nitrogens is 2. The summed E-state index contributed by atoms with van der Waals surface area (Å²) >= 11 is 0. The first-order valence-corrected chi connectivity index (χ1v) is 7.24. The fourth-order valence-corrected chi connectivity index (χ4v) is 2.86. The lowest BCUT2D eigenvalue weighted by atomic mass is 9.94. The number of nitrogens with one attached hydrogen (secondary N) is 2. The number of carbonyl (C=O) groups excluding carboxylic acids is 1. The lowest BCUT2D eigenvalue weighted by Crippen LogP contribution is -2.25. The van der Waals surface area contributed by atoms with E-state index in [1.807, 2.05) is 26.2 Å². The van der Waals surface area contributed by atoms with E-state index in [1.54, 1.807) is 4.68 Å². The number of rotatable bonds is 3. The molecule has 0 saturated heterocycles. The number of aryl methyl sites for hydroxylation is 2. The van der Waals surface area contributed by atoms with Crippen molar-refractivity contribution in [3.05, 3.63) is 46.6 Å². The molecule has 0 radical (unpaired) electrons. The highest BCUT2D eigenvalue weighted by atomic mass is 16.1. The molecule has 1 aliphatic heterocycles. The maximum Gasteiger partial charge on any atom is 0.230 e. The van der Waals surface area contributed by atoms with Crippen LogP contribution in [0.5, 0.6) is 0 Å². The van der Waals surface area contributed by atoms with Crippen molar-refractivity contribution in [1.82, 2.24) is 15.1 Å². The zero-order valence-corrected chi connectivity index (χ0v) is 12.4. The van der Waals surface area contributed by atoms with E-state index in [0.29, 0.717) is 12.2 Å². The van der Waals surface area contributed by atoms with E-state index in [-0.39, 0.29) is 5.91 Å². The largest absolute Gasteiger partial charge is 0.312 e. The molecule has 0 spiro atoms. The summed E-state index contributed by atoms with van der Waals surface area (Å²) in [6.07, 6.45) is 3.28. The molecule has 1 aliphatic rings. The highest BCUT2D eigenvalue weighted by molar-refractivity contribution is 5.92. The summed E-state index contributed by atoms with van der Waals surface area (Å²) in [5, 5.41) is 10.5. The van der Waals surface area contributed by atoms with E-state index in [9.17, 15) is 4.79 Å². The average Bonchev–Trinajstić information content (AvgIpc) is 2.77. The summed E-state index contributed by atoms with van der Waals surface area (Å²) in [7, 11) is 1.85. The highest BCUT2D eigenvalue weighted by Gasteiger charge is 2.15. The van der Waals surface area contributed by atoms with Crippen LogP contribution in [-0.4, -0.2) is 22.2 Å². The van der Waals surface area contributed by atoms with Crippen LogP contribution >= 0.6 is 0 Å². The molecule has 0 aliphatic carbocycles. The van der Waals surface area contributed by atoms with Gasteiger partial charge in [0, 0.05) is 25.4 Å². The minimum absolute atomic E-state index is 0.0104. The van der Waals surface area contributed by atoms with E-state index in [1.165, 1.54) is 11.1 Å². The molecule has 110 valence electrons. The number of carbonyl (C=O) groups is 1. The van der Waals surface area contributed by atoms with Gasteiger partial charge in [-0.1, -0.05) is 18.2 Å². The van der Waals surface area contributed by atoms with Gasteiger partial charge in [-0.3, -0.25) is 9.48 Å². The second kappa shape index (κ2) is 5.69. The summed E-state index contributed by atoms with van der Waals surface area (Å²) in [5.41, 5.74) is 4.73. The van der Waals surface area contributed by atoms with E-state index in [0.717, 1.165) is 30.6 Å². The van der Waals surface area contributed by atoms with Crippen molar-refractivity contribution < 1.29 is 4.79 Å². The summed E-state index contributed by atoms with van der Waals surface area (Å²) < 4.78 is 1.71. The minimum Gasteiger partial charge on any atom is -0.312 e. The second-order valence-electron chi connectivity index (χ2n) is 5.54. The number of hydrogen-bond acceptors (Lipinski definition) is 3. The van der Waals surface area contributed by atoms with Crippen molar-refractivity contribution in [3.63, 3.8) is 0 Å². The van der Waals surface area contributed by atoms with Gasteiger partial charge in [-0.2, -0.15) is 5.10 Å². The lowest BCUT2D eigenvalue weighted by Gasteiger charge is -2.20. The summed E-state index contributed by atoms with van der Waals surface area (Å²) in [4.78, 5) is 12.3. The molecule has 3 rings (SSSR count). The van der Waals surface area contributed by atoms with Crippen molar-refractivity contribution in [1.29, 1.82) is 0 Å². The molecule has 0 saturated carbocycles. The Morgan fingerprint density at radius 3 is 3.10 bits per heavy atom. The van der Waals surface area contributed by atoms with Crippen LogP contribution in [0.25, 0.3) is 0 Å². The third kappa shape index (κ3) is 2.97. The molecular weight excluding hydrogens is 264 g/mol. The van der Waals surface area contributed by atoms with Crippen molar-refractivity contribution in [2.75, 3.05) is 11.9 Å². The van der Waals surface area contributed by atoms with Crippen LogP contribution in [0.4, 0.5) is 5.82 Å². The standard InChI is InChI=1S/C16H20N4O/c1-11-10-20(2)19-16(11)18-15(21)8-12-4-3-5-13-9-17-7-6-14(12)13/h3-5,10,17H,6-9H2,1-2H3,(H,18,19,21). The minimum atomic E-state index is -0.0104. The van der Waals surface area contributed by atoms with Gasteiger partial charge in [0.05, 0.1) is 6.42 Å². The molecule has 21 heavy (non-hydrogen) atoms. The Hall–Kier alpha value is -2.14. The van der Waals surface area contributed by atoms with Crippen molar-refractivity contribution in [2.24, 2.45) is 7.05 Å². The van der Waals surface area contributed by atoms with E-state index < -0.39 is 0 Å². The first-order valence-electron chi connectivity index (χ1n) is 7.24. The normalized spacial score (nSPS) is 13.8. The number of amides is 1. The zero-order valence-electron chi connectivity index (χ0n) is 12.4. The molecule has 1 amide bonds. The van der Waals surface area contributed by atoms with Gasteiger partial charge in [0.15, 0.2) is 5.82 Å². The van der Waals surface area contributed by atoms with Gasteiger partial charge < -0.3 is 10.6 Å². The van der Waals surface area contributed by atoms with Crippen LogP contribution < -0.4 is 10.6 Å². The van der Waals surface area contributed by atoms with Crippen LogP contribution in [0.2, 0.25) is 0 Å². The summed E-state index contributed by atoms with van der Waals surface area (Å²) in [6, 6.07) is 6.21. The Labute approximate surface area is 124 Å². The van der Waals surface area contributed by atoms with Crippen LogP contribution in [0.3, 0.4) is 0 Å². The average molecular weight is 284 g/mol. The quantitative estimate of drug-likeness (QED) is 0.899. The first-order chi connectivity index (χ1) is 10.1. The number of hydrogen-bond donors (Lipinski definition) is 2. The molecule has 1 aromatic carbocycles. The van der Waals surface area contributed by atoms with Gasteiger partial charge in [-0.15, -0.1) is 0 Å². The smallest absolute Gasteiger partial charge is 0.230 e. The number of fused-ring (bicyclic) bond motifs is 1. The van der Waals surface area contributed by atoms with Gasteiger partial charge in [-0.25, -0.2) is 0 Å². The Kier molecular flexibility index (Phi) is 3.75. The molecule has 0 unspecified atom stereocenters. The maximum atomic E-state index is 12.3. The molecule has 0 bridgehead atoms. The van der Waals surface area contributed by atoms with Gasteiger partial charge in [0.25, 0.3) is 0 Å². The number of benzene rings is 1. The molecule has 5 heteroatoms. The molecule has 1 aromatic heterocycles.